The first-order valence-electron chi connectivity index (χ1n) is 3.73. The van der Waals surface area contributed by atoms with Gasteiger partial charge < -0.3 is 10.5 Å². The summed E-state index contributed by atoms with van der Waals surface area (Å²) in [4.78, 5) is 0. The maximum atomic E-state index is 12.2. The summed E-state index contributed by atoms with van der Waals surface area (Å²) in [7, 11) is 1.57. The summed E-state index contributed by atoms with van der Waals surface area (Å²) in [5.41, 5.74) is 6.92. The molecule has 0 heterocycles. The predicted molar refractivity (Wildman–Crippen MR) is 45.7 cm³/mol. The van der Waals surface area contributed by atoms with Crippen molar-refractivity contribution in [2.45, 2.75) is 13.2 Å². The van der Waals surface area contributed by atoms with Crippen LogP contribution in [0.15, 0.2) is 18.2 Å². The number of hydrogen-bond donors (Lipinski definition) is 1. The van der Waals surface area contributed by atoms with E-state index in [4.69, 9.17) is 10.5 Å². The van der Waals surface area contributed by atoms with Gasteiger partial charge >= 0.3 is 0 Å². The number of ether oxygens (including phenoxy) is 1. The molecule has 66 valence electrons. The molecule has 0 aliphatic heterocycles. The average Bonchev–Trinajstić information content (AvgIpc) is 2.16. The first-order valence-corrected chi connectivity index (χ1v) is 3.73. The highest BCUT2D eigenvalue weighted by molar-refractivity contribution is 5.36. The van der Waals surface area contributed by atoms with E-state index in [2.05, 4.69) is 0 Å². The van der Waals surface area contributed by atoms with Gasteiger partial charge in [-0.2, -0.15) is 0 Å². The van der Waals surface area contributed by atoms with E-state index in [0.29, 0.717) is 12.1 Å². The fourth-order valence-electron chi connectivity index (χ4n) is 1.07. The zero-order chi connectivity index (χ0) is 8.97. The van der Waals surface area contributed by atoms with E-state index in [-0.39, 0.29) is 0 Å². The van der Waals surface area contributed by atoms with Crippen LogP contribution in [0.1, 0.15) is 11.1 Å². The number of rotatable bonds is 3. The molecule has 1 rings (SSSR count). The maximum Gasteiger partial charge on any atom is 0.123 e. The van der Waals surface area contributed by atoms with Crippen molar-refractivity contribution in [3.05, 3.63) is 29.3 Å². The van der Waals surface area contributed by atoms with E-state index in [0.717, 1.165) is 11.3 Å². The second kappa shape index (κ2) is 4.07. The fraction of sp³-hybridized carbons (Fsp3) is 0.333. The molecule has 0 aliphatic rings. The summed E-state index contributed by atoms with van der Waals surface area (Å²) in [6, 6.07) is 5.15. The minimum Gasteiger partial charge on any atom is -0.496 e. The molecule has 0 saturated carbocycles. The van der Waals surface area contributed by atoms with Crippen molar-refractivity contribution < 1.29 is 9.13 Å². The van der Waals surface area contributed by atoms with Crippen LogP contribution in [-0.4, -0.2) is 7.11 Å². The number of nitrogens with two attached hydrogens (primary N) is 1. The van der Waals surface area contributed by atoms with Crippen LogP contribution in [0.3, 0.4) is 0 Å². The van der Waals surface area contributed by atoms with Gasteiger partial charge in [-0.15, -0.1) is 0 Å². The highest BCUT2D eigenvalue weighted by Crippen LogP contribution is 2.19. The lowest BCUT2D eigenvalue weighted by atomic mass is 10.1. The molecule has 2 nitrogen and oxygen atoms in total. The largest absolute Gasteiger partial charge is 0.496 e. The maximum absolute atomic E-state index is 12.2. The van der Waals surface area contributed by atoms with E-state index in [1.165, 1.54) is 0 Å². The fourth-order valence-corrected chi connectivity index (χ4v) is 1.07. The number of methoxy groups -OCH3 is 1. The molecule has 0 aliphatic carbocycles. The smallest absolute Gasteiger partial charge is 0.123 e. The minimum atomic E-state index is -0.461. The van der Waals surface area contributed by atoms with Crippen LogP contribution >= 0.6 is 0 Å². The van der Waals surface area contributed by atoms with E-state index in [9.17, 15) is 4.39 Å². The summed E-state index contributed by atoms with van der Waals surface area (Å²) >= 11 is 0. The van der Waals surface area contributed by atoms with Gasteiger partial charge in [0, 0.05) is 12.1 Å². The van der Waals surface area contributed by atoms with Gasteiger partial charge in [0.05, 0.1) is 7.11 Å². The molecule has 3 heteroatoms. The lowest BCUT2D eigenvalue weighted by Crippen LogP contribution is -2.00. The standard InChI is InChI=1S/C9H12FNO/c1-12-9-3-2-7(5-10)4-8(9)6-11/h2-4H,5-6,11H2,1H3. The Morgan fingerprint density at radius 2 is 2.25 bits per heavy atom. The Morgan fingerprint density at radius 3 is 2.75 bits per heavy atom. The van der Waals surface area contributed by atoms with Crippen molar-refractivity contribution in [1.82, 2.24) is 0 Å². The molecule has 0 fully saturated rings. The topological polar surface area (TPSA) is 35.2 Å². The van der Waals surface area contributed by atoms with Gasteiger partial charge in [-0.3, -0.25) is 0 Å². The van der Waals surface area contributed by atoms with Gasteiger partial charge in [-0.1, -0.05) is 6.07 Å². The molecule has 1 aromatic rings. The third-order valence-electron chi connectivity index (χ3n) is 1.72. The molecular formula is C9H12FNO. The Labute approximate surface area is 71.1 Å². The van der Waals surface area contributed by atoms with Crippen molar-refractivity contribution in [3.63, 3.8) is 0 Å². The third kappa shape index (κ3) is 1.74. The first kappa shape index (κ1) is 9.00. The summed E-state index contributed by atoms with van der Waals surface area (Å²) in [5.74, 6) is 0.717. The first-order chi connectivity index (χ1) is 5.81. The molecule has 12 heavy (non-hydrogen) atoms. The van der Waals surface area contributed by atoms with Gasteiger partial charge in [-0.25, -0.2) is 4.39 Å². The van der Waals surface area contributed by atoms with Crippen LogP contribution in [0.4, 0.5) is 4.39 Å². The highest BCUT2D eigenvalue weighted by atomic mass is 19.1. The quantitative estimate of drug-likeness (QED) is 0.746. The van der Waals surface area contributed by atoms with E-state index in [1.54, 1.807) is 25.3 Å². The van der Waals surface area contributed by atoms with Crippen LogP contribution in [0.25, 0.3) is 0 Å². The SMILES string of the molecule is COc1ccc(CF)cc1CN. The van der Waals surface area contributed by atoms with Gasteiger partial charge in [-0.05, 0) is 17.7 Å². The van der Waals surface area contributed by atoms with Gasteiger partial charge in [0.15, 0.2) is 0 Å². The van der Waals surface area contributed by atoms with Crippen molar-refractivity contribution in [2.75, 3.05) is 7.11 Å². The minimum absolute atomic E-state index is 0.372. The normalized spacial score (nSPS) is 9.92. The van der Waals surface area contributed by atoms with E-state index >= 15 is 0 Å². The van der Waals surface area contributed by atoms with E-state index < -0.39 is 6.67 Å². The van der Waals surface area contributed by atoms with Gasteiger partial charge in [0.1, 0.15) is 12.4 Å². The lowest BCUT2D eigenvalue weighted by molar-refractivity contribution is 0.409. The number of hydrogen-bond acceptors (Lipinski definition) is 2. The molecule has 0 atom stereocenters. The molecule has 0 unspecified atom stereocenters. The number of alkyl halides is 1. The third-order valence-corrected chi connectivity index (χ3v) is 1.72. The van der Waals surface area contributed by atoms with Crippen LogP contribution in [0.2, 0.25) is 0 Å². The Balaban J connectivity index is 3.02. The molecule has 0 aromatic heterocycles. The van der Waals surface area contributed by atoms with Crippen LogP contribution in [-0.2, 0) is 13.2 Å². The summed E-state index contributed by atoms with van der Waals surface area (Å²) in [6.45, 7) is -0.0893. The van der Waals surface area contributed by atoms with Crippen LogP contribution in [0.5, 0.6) is 5.75 Å². The van der Waals surface area contributed by atoms with Crippen LogP contribution < -0.4 is 10.5 Å². The highest BCUT2D eigenvalue weighted by Gasteiger charge is 2.01. The molecule has 0 saturated heterocycles. The molecular weight excluding hydrogens is 157 g/mol. The lowest BCUT2D eigenvalue weighted by Gasteiger charge is -2.06. The number of halogens is 1. The van der Waals surface area contributed by atoms with Crippen molar-refractivity contribution in [1.29, 1.82) is 0 Å². The van der Waals surface area contributed by atoms with Crippen molar-refractivity contribution in [2.24, 2.45) is 5.73 Å². The Bertz CT molecular complexity index is 263. The molecule has 2 N–H and O–H groups in total. The Hall–Kier alpha value is -1.09. The summed E-state index contributed by atoms with van der Waals surface area (Å²) in [5, 5.41) is 0. The average molecular weight is 169 g/mol. The predicted octanol–water partition coefficient (Wildman–Crippen LogP) is 1.62. The second-order valence-electron chi connectivity index (χ2n) is 2.48. The summed E-state index contributed by atoms with van der Waals surface area (Å²) < 4.78 is 17.2. The monoisotopic (exact) mass is 169 g/mol. The molecule has 0 spiro atoms. The van der Waals surface area contributed by atoms with Crippen LogP contribution in [0, 0.1) is 0 Å². The molecule has 0 bridgehead atoms. The van der Waals surface area contributed by atoms with Gasteiger partial charge in [0.2, 0.25) is 0 Å². The Morgan fingerprint density at radius 1 is 1.50 bits per heavy atom. The molecule has 1 aromatic carbocycles. The van der Waals surface area contributed by atoms with Gasteiger partial charge in [0.25, 0.3) is 0 Å². The second-order valence-corrected chi connectivity index (χ2v) is 2.48. The van der Waals surface area contributed by atoms with Crippen molar-refractivity contribution >= 4 is 0 Å². The van der Waals surface area contributed by atoms with E-state index in [1.807, 2.05) is 0 Å². The summed E-state index contributed by atoms with van der Waals surface area (Å²) in [6.07, 6.45) is 0. The van der Waals surface area contributed by atoms with Crippen molar-refractivity contribution in [3.8, 4) is 5.75 Å². The molecule has 0 amide bonds. The number of benzene rings is 1. The molecule has 0 radical (unpaired) electrons. The Kier molecular flexibility index (Phi) is 3.05. The zero-order valence-electron chi connectivity index (χ0n) is 7.01. The zero-order valence-corrected chi connectivity index (χ0v) is 7.01.